The van der Waals surface area contributed by atoms with Crippen LogP contribution in [0.15, 0.2) is 24.8 Å². The number of nitrogens with one attached hydrogen (secondary N) is 2. The van der Waals surface area contributed by atoms with Gasteiger partial charge in [0.15, 0.2) is 35.1 Å². The minimum Gasteiger partial charge on any atom is -0.492 e. The fraction of sp³-hybridized carbons (Fsp3) is 0.421. The lowest BCUT2D eigenvalue weighted by Gasteiger charge is -2.17. The van der Waals surface area contributed by atoms with Gasteiger partial charge in [0, 0.05) is 18.8 Å². The number of fused-ring (bicyclic) bond motifs is 1. The second-order valence-corrected chi connectivity index (χ2v) is 6.91. The molecular weight excluding hydrogens is 422 g/mol. The van der Waals surface area contributed by atoms with Crippen LogP contribution in [0, 0.1) is 0 Å². The zero-order chi connectivity index (χ0) is 22.8. The molecule has 4 atom stereocenters. The monoisotopic (exact) mass is 445 g/mol. The number of hydrogen-bond acceptors (Lipinski definition) is 11. The molecule has 0 spiro atoms. The average molecular weight is 445 g/mol. The standard InChI is InChI=1S/C19H23N7O6/c1-4-31-10-5-9(6-21-7-10)15-23-16(20-2)11-17(24-15)26(8-22-11)19-13(28)12(27)14(32-19)18(29)25-30-3/h5-8,12-14,19,27-28H,4H2,1-3H3,(H,25,29)(H,20,23,24)/t12-,13+,14-,19+/m0/s1. The molecule has 0 aromatic carbocycles. The van der Waals surface area contributed by atoms with Gasteiger partial charge in [-0.2, -0.15) is 0 Å². The summed E-state index contributed by atoms with van der Waals surface area (Å²) in [6, 6.07) is 1.76. The maximum Gasteiger partial charge on any atom is 0.275 e. The molecule has 1 aliphatic rings. The van der Waals surface area contributed by atoms with Gasteiger partial charge in [0.05, 0.1) is 26.2 Å². The van der Waals surface area contributed by atoms with Crippen molar-refractivity contribution in [2.24, 2.45) is 0 Å². The number of ether oxygens (including phenoxy) is 2. The third-order valence-electron chi connectivity index (χ3n) is 4.91. The van der Waals surface area contributed by atoms with E-state index < -0.39 is 30.4 Å². The number of aliphatic hydroxyl groups is 2. The normalized spacial score (nSPS) is 22.8. The Morgan fingerprint density at radius 3 is 2.81 bits per heavy atom. The largest absolute Gasteiger partial charge is 0.492 e. The first-order valence-corrected chi connectivity index (χ1v) is 9.83. The minimum absolute atomic E-state index is 0.324. The van der Waals surface area contributed by atoms with E-state index in [1.54, 1.807) is 25.5 Å². The first-order chi connectivity index (χ1) is 15.5. The van der Waals surface area contributed by atoms with E-state index in [4.69, 9.17) is 9.47 Å². The van der Waals surface area contributed by atoms with Gasteiger partial charge in [-0.05, 0) is 13.0 Å². The van der Waals surface area contributed by atoms with Gasteiger partial charge in [-0.25, -0.2) is 20.4 Å². The quantitative estimate of drug-likeness (QED) is 0.350. The fourth-order valence-corrected chi connectivity index (χ4v) is 3.46. The number of nitrogens with zero attached hydrogens (tertiary/aromatic N) is 5. The van der Waals surface area contributed by atoms with Crippen LogP contribution in [-0.4, -0.2) is 79.7 Å². The highest BCUT2D eigenvalue weighted by Gasteiger charge is 2.48. The molecule has 4 rings (SSSR count). The van der Waals surface area contributed by atoms with Crippen LogP contribution in [0.4, 0.5) is 5.82 Å². The van der Waals surface area contributed by atoms with E-state index in [1.807, 2.05) is 6.92 Å². The predicted molar refractivity (Wildman–Crippen MR) is 110 cm³/mol. The highest BCUT2D eigenvalue weighted by atomic mass is 16.6. The number of pyridine rings is 1. The highest BCUT2D eigenvalue weighted by Crippen LogP contribution is 2.33. The Labute approximate surface area is 182 Å². The van der Waals surface area contributed by atoms with Crippen molar-refractivity contribution in [2.45, 2.75) is 31.5 Å². The molecule has 0 bridgehead atoms. The molecule has 4 N–H and O–H groups in total. The van der Waals surface area contributed by atoms with Crippen LogP contribution in [0.3, 0.4) is 0 Å². The van der Waals surface area contributed by atoms with Crippen LogP contribution >= 0.6 is 0 Å². The van der Waals surface area contributed by atoms with Crippen LogP contribution in [0.1, 0.15) is 13.2 Å². The van der Waals surface area contributed by atoms with Gasteiger partial charge in [-0.15, -0.1) is 0 Å². The number of amides is 1. The minimum atomic E-state index is -1.48. The molecule has 3 aromatic heterocycles. The zero-order valence-corrected chi connectivity index (χ0v) is 17.6. The Hall–Kier alpha value is -3.39. The first-order valence-electron chi connectivity index (χ1n) is 9.83. The summed E-state index contributed by atoms with van der Waals surface area (Å²) in [4.78, 5) is 34.2. The summed E-state index contributed by atoms with van der Waals surface area (Å²) < 4.78 is 12.6. The van der Waals surface area contributed by atoms with Gasteiger partial charge in [0.1, 0.15) is 18.0 Å². The molecule has 170 valence electrons. The topological polar surface area (TPSA) is 166 Å². The summed E-state index contributed by atoms with van der Waals surface area (Å²) in [5, 5.41) is 23.8. The maximum atomic E-state index is 12.1. The van der Waals surface area contributed by atoms with Crippen LogP contribution in [0.25, 0.3) is 22.6 Å². The van der Waals surface area contributed by atoms with Gasteiger partial charge in [-0.1, -0.05) is 0 Å². The lowest BCUT2D eigenvalue weighted by atomic mass is 10.1. The van der Waals surface area contributed by atoms with Crippen molar-refractivity contribution >= 4 is 22.9 Å². The number of anilines is 1. The lowest BCUT2D eigenvalue weighted by molar-refractivity contribution is -0.148. The Bertz CT molecular complexity index is 1120. The number of hydroxylamine groups is 1. The summed E-state index contributed by atoms with van der Waals surface area (Å²) in [7, 11) is 2.94. The highest BCUT2D eigenvalue weighted by molar-refractivity contribution is 5.85. The Morgan fingerprint density at radius 2 is 2.09 bits per heavy atom. The van der Waals surface area contributed by atoms with Gasteiger partial charge in [0.2, 0.25) is 0 Å². The maximum absolute atomic E-state index is 12.1. The van der Waals surface area contributed by atoms with Crippen molar-refractivity contribution < 1.29 is 29.3 Å². The number of carbonyl (C=O) groups is 1. The van der Waals surface area contributed by atoms with Crippen LogP contribution < -0.4 is 15.5 Å². The Kier molecular flexibility index (Phi) is 6.14. The lowest BCUT2D eigenvalue weighted by Crippen LogP contribution is -2.42. The second kappa shape index (κ2) is 9.00. The van der Waals surface area contributed by atoms with E-state index >= 15 is 0 Å². The number of rotatable bonds is 7. The first kappa shape index (κ1) is 21.8. The van der Waals surface area contributed by atoms with Crippen molar-refractivity contribution in [1.29, 1.82) is 0 Å². The van der Waals surface area contributed by atoms with Crippen molar-refractivity contribution in [3.63, 3.8) is 0 Å². The van der Waals surface area contributed by atoms with Gasteiger partial charge >= 0.3 is 0 Å². The molecule has 1 saturated heterocycles. The van der Waals surface area contributed by atoms with E-state index in [1.165, 1.54) is 18.0 Å². The van der Waals surface area contributed by atoms with E-state index in [0.717, 1.165) is 0 Å². The molecule has 0 saturated carbocycles. The van der Waals surface area contributed by atoms with Crippen LogP contribution in [-0.2, 0) is 14.4 Å². The number of imidazole rings is 1. The van der Waals surface area contributed by atoms with E-state index in [9.17, 15) is 15.0 Å². The Balaban J connectivity index is 1.76. The van der Waals surface area contributed by atoms with Crippen molar-refractivity contribution in [3.8, 4) is 17.1 Å². The predicted octanol–water partition coefficient (Wildman–Crippen LogP) is -0.374. The summed E-state index contributed by atoms with van der Waals surface area (Å²) in [6.07, 6.45) is -0.781. The molecule has 0 aliphatic carbocycles. The molecular formula is C19H23N7O6. The fourth-order valence-electron chi connectivity index (χ4n) is 3.46. The van der Waals surface area contributed by atoms with Crippen molar-refractivity contribution in [2.75, 3.05) is 26.1 Å². The average Bonchev–Trinajstić information content (AvgIpc) is 3.34. The number of hydrogen-bond donors (Lipinski definition) is 4. The summed E-state index contributed by atoms with van der Waals surface area (Å²) in [5.41, 5.74) is 3.44. The summed E-state index contributed by atoms with van der Waals surface area (Å²) >= 11 is 0. The summed E-state index contributed by atoms with van der Waals surface area (Å²) in [6.45, 7) is 2.35. The molecule has 13 nitrogen and oxygen atoms in total. The molecule has 3 aromatic rings. The zero-order valence-electron chi connectivity index (χ0n) is 17.6. The molecule has 1 amide bonds. The second-order valence-electron chi connectivity index (χ2n) is 6.91. The van der Waals surface area contributed by atoms with Gasteiger partial charge in [-0.3, -0.25) is 19.2 Å². The SMILES string of the molecule is CCOc1cncc(-c2nc(NC)c3ncn([C@@H]4O[C@H](C(=O)NOC)[C@@H](O)[C@H]4O)c3n2)c1. The number of carbonyl (C=O) groups excluding carboxylic acids is 1. The third kappa shape index (κ3) is 3.82. The van der Waals surface area contributed by atoms with E-state index in [-0.39, 0.29) is 0 Å². The molecule has 1 aliphatic heterocycles. The molecule has 13 heteroatoms. The molecule has 0 radical (unpaired) electrons. The van der Waals surface area contributed by atoms with Gasteiger partial charge < -0.3 is 25.0 Å². The van der Waals surface area contributed by atoms with Crippen molar-refractivity contribution in [1.82, 2.24) is 30.0 Å². The van der Waals surface area contributed by atoms with E-state index in [0.29, 0.717) is 40.7 Å². The molecule has 0 unspecified atom stereocenters. The summed E-state index contributed by atoms with van der Waals surface area (Å²) in [5.74, 6) is 0.612. The van der Waals surface area contributed by atoms with E-state index in [2.05, 4.69) is 35.6 Å². The van der Waals surface area contributed by atoms with Crippen LogP contribution in [0.5, 0.6) is 5.75 Å². The molecule has 32 heavy (non-hydrogen) atoms. The molecule has 4 heterocycles. The van der Waals surface area contributed by atoms with Gasteiger partial charge in [0.25, 0.3) is 5.91 Å². The molecule has 1 fully saturated rings. The smallest absolute Gasteiger partial charge is 0.275 e. The number of aliphatic hydroxyl groups excluding tert-OH is 2. The van der Waals surface area contributed by atoms with Crippen molar-refractivity contribution in [3.05, 3.63) is 24.8 Å². The third-order valence-corrected chi connectivity index (χ3v) is 4.91. The number of aromatic nitrogens is 5. The Morgan fingerprint density at radius 1 is 1.28 bits per heavy atom. The van der Waals surface area contributed by atoms with Crippen LogP contribution in [0.2, 0.25) is 0 Å².